The van der Waals surface area contributed by atoms with E-state index in [1.165, 1.54) is 18.2 Å². The summed E-state index contributed by atoms with van der Waals surface area (Å²) >= 11 is 0. The van der Waals surface area contributed by atoms with Gasteiger partial charge in [-0.15, -0.1) is 0 Å². The van der Waals surface area contributed by atoms with Crippen LogP contribution in [-0.2, 0) is 29.1 Å². The largest absolute Gasteiger partial charge is 0.468 e. The zero-order valence-corrected chi connectivity index (χ0v) is 15.3. The second-order valence-electron chi connectivity index (χ2n) is 5.98. The number of anilines is 1. The maximum Gasteiger partial charge on any atom is 0.320 e. The molecule has 1 saturated heterocycles. The van der Waals surface area contributed by atoms with Crippen LogP contribution in [0.2, 0.25) is 0 Å². The molecular formula is C16H23N3O6S. The highest BCUT2D eigenvalue weighted by molar-refractivity contribution is 7.89. The zero-order chi connectivity index (χ0) is 19.2. The Labute approximate surface area is 152 Å². The predicted molar refractivity (Wildman–Crippen MR) is 93.8 cm³/mol. The number of hydrogen-bond donors (Lipinski definition) is 3. The molecule has 0 saturated carbocycles. The van der Waals surface area contributed by atoms with Crippen molar-refractivity contribution in [1.29, 1.82) is 0 Å². The van der Waals surface area contributed by atoms with Gasteiger partial charge in [0.05, 0.1) is 17.4 Å². The van der Waals surface area contributed by atoms with Crippen LogP contribution < -0.4 is 15.8 Å². The monoisotopic (exact) mass is 385 g/mol. The first-order valence-electron chi connectivity index (χ1n) is 8.09. The molecule has 1 aliphatic heterocycles. The average Bonchev–Trinajstić information content (AvgIpc) is 2.66. The smallest absolute Gasteiger partial charge is 0.320 e. The van der Waals surface area contributed by atoms with Gasteiger partial charge >= 0.3 is 5.97 Å². The second kappa shape index (κ2) is 8.58. The van der Waals surface area contributed by atoms with Gasteiger partial charge in [-0.1, -0.05) is 6.07 Å². The highest BCUT2D eigenvalue weighted by Gasteiger charge is 2.38. The van der Waals surface area contributed by atoms with Crippen LogP contribution in [0.1, 0.15) is 12.8 Å². The highest BCUT2D eigenvalue weighted by atomic mass is 32.2. The average molecular weight is 385 g/mol. The molecule has 0 aliphatic carbocycles. The fourth-order valence-electron chi connectivity index (χ4n) is 2.60. The van der Waals surface area contributed by atoms with Gasteiger partial charge in [0.1, 0.15) is 6.54 Å². The summed E-state index contributed by atoms with van der Waals surface area (Å²) in [7, 11) is -2.75. The quantitative estimate of drug-likeness (QED) is 0.554. The van der Waals surface area contributed by atoms with E-state index >= 15 is 0 Å². The minimum absolute atomic E-state index is 0.0759. The molecule has 1 heterocycles. The third-order valence-electron chi connectivity index (χ3n) is 4.36. The van der Waals surface area contributed by atoms with E-state index in [2.05, 4.69) is 14.8 Å². The van der Waals surface area contributed by atoms with Gasteiger partial charge in [-0.05, 0) is 31.0 Å². The Bertz CT molecular complexity index is 759. The maximum atomic E-state index is 12.7. The molecule has 0 aromatic heterocycles. The van der Waals surface area contributed by atoms with Crippen molar-refractivity contribution in [1.82, 2.24) is 4.72 Å². The molecule has 1 amide bonds. The molecular weight excluding hydrogens is 362 g/mol. The Balaban J connectivity index is 2.13. The Morgan fingerprint density at radius 3 is 2.62 bits per heavy atom. The fourth-order valence-corrected chi connectivity index (χ4v) is 3.61. The summed E-state index contributed by atoms with van der Waals surface area (Å²) in [5, 5.41) is 2.73. The first-order valence-corrected chi connectivity index (χ1v) is 9.57. The van der Waals surface area contributed by atoms with Crippen molar-refractivity contribution in [3.8, 4) is 0 Å². The van der Waals surface area contributed by atoms with E-state index in [9.17, 15) is 18.0 Å². The normalized spacial score (nSPS) is 16.7. The van der Waals surface area contributed by atoms with Crippen molar-refractivity contribution in [2.45, 2.75) is 17.7 Å². The summed E-state index contributed by atoms with van der Waals surface area (Å²) < 4.78 is 36.3. The number of amides is 1. The Morgan fingerprint density at radius 2 is 2.00 bits per heavy atom. The van der Waals surface area contributed by atoms with Crippen LogP contribution >= 0.6 is 0 Å². The number of hydrogen-bond acceptors (Lipinski definition) is 7. The van der Waals surface area contributed by atoms with Gasteiger partial charge in [-0.2, -0.15) is 4.72 Å². The standard InChI is InChI=1S/C16H23N3O6S/c1-24-14(20)10-18-26(22,23)13-4-2-3-12(9-13)19-15(21)16(11-17)5-7-25-8-6-16/h2-4,9,18H,5-8,10-11,17H2,1H3,(H,19,21). The number of esters is 1. The number of carbonyl (C=O) groups is 2. The maximum absolute atomic E-state index is 12.7. The highest BCUT2D eigenvalue weighted by Crippen LogP contribution is 2.31. The number of benzene rings is 1. The van der Waals surface area contributed by atoms with Gasteiger partial charge < -0.3 is 20.5 Å². The van der Waals surface area contributed by atoms with Gasteiger partial charge in [0.15, 0.2) is 0 Å². The van der Waals surface area contributed by atoms with Gasteiger partial charge in [-0.3, -0.25) is 9.59 Å². The number of methoxy groups -OCH3 is 1. The van der Waals surface area contributed by atoms with Crippen molar-refractivity contribution in [2.24, 2.45) is 11.1 Å². The lowest BCUT2D eigenvalue weighted by Gasteiger charge is -2.34. The van der Waals surface area contributed by atoms with E-state index in [4.69, 9.17) is 10.5 Å². The molecule has 0 unspecified atom stereocenters. The third-order valence-corrected chi connectivity index (χ3v) is 5.76. The van der Waals surface area contributed by atoms with Crippen LogP contribution in [0, 0.1) is 5.41 Å². The van der Waals surface area contributed by atoms with Gasteiger partial charge in [0.25, 0.3) is 0 Å². The topological polar surface area (TPSA) is 137 Å². The number of rotatable bonds is 7. The molecule has 1 fully saturated rings. The van der Waals surface area contributed by atoms with Crippen molar-refractivity contribution in [3.05, 3.63) is 24.3 Å². The van der Waals surface area contributed by atoms with Crippen molar-refractivity contribution in [3.63, 3.8) is 0 Å². The van der Waals surface area contributed by atoms with Gasteiger partial charge in [0, 0.05) is 25.4 Å². The second-order valence-corrected chi connectivity index (χ2v) is 7.75. The first kappa shape index (κ1) is 20.3. The molecule has 10 heteroatoms. The molecule has 9 nitrogen and oxygen atoms in total. The minimum Gasteiger partial charge on any atom is -0.468 e. The Kier molecular flexibility index (Phi) is 6.70. The summed E-state index contributed by atoms with van der Waals surface area (Å²) in [6, 6.07) is 5.77. The number of nitrogens with one attached hydrogen (secondary N) is 2. The summed E-state index contributed by atoms with van der Waals surface area (Å²) in [4.78, 5) is 23.7. The molecule has 1 aromatic carbocycles. The fraction of sp³-hybridized carbons (Fsp3) is 0.500. The van der Waals surface area contributed by atoms with Crippen LogP contribution in [0.5, 0.6) is 0 Å². The lowest BCUT2D eigenvalue weighted by molar-refractivity contribution is -0.139. The SMILES string of the molecule is COC(=O)CNS(=O)(=O)c1cccc(NC(=O)C2(CN)CCOCC2)c1. The molecule has 26 heavy (non-hydrogen) atoms. The lowest BCUT2D eigenvalue weighted by atomic mass is 9.79. The van der Waals surface area contributed by atoms with Crippen LogP contribution in [0.25, 0.3) is 0 Å². The van der Waals surface area contributed by atoms with Crippen molar-refractivity contribution >= 4 is 27.6 Å². The molecule has 4 N–H and O–H groups in total. The van der Waals surface area contributed by atoms with E-state index in [1.54, 1.807) is 6.07 Å². The van der Waals surface area contributed by atoms with Crippen LogP contribution in [0.3, 0.4) is 0 Å². The van der Waals surface area contributed by atoms with Crippen LogP contribution in [0.15, 0.2) is 29.2 Å². The summed E-state index contributed by atoms with van der Waals surface area (Å²) in [6.45, 7) is 0.611. The molecule has 1 aromatic rings. The Hall–Kier alpha value is -2.01. The zero-order valence-electron chi connectivity index (χ0n) is 14.5. The molecule has 0 radical (unpaired) electrons. The van der Waals surface area contributed by atoms with Gasteiger partial charge in [-0.25, -0.2) is 8.42 Å². The summed E-state index contributed by atoms with van der Waals surface area (Å²) in [6.07, 6.45) is 1.02. The molecule has 1 aliphatic rings. The molecule has 2 rings (SSSR count). The Morgan fingerprint density at radius 1 is 1.31 bits per heavy atom. The summed E-state index contributed by atoms with van der Waals surface area (Å²) in [5.41, 5.74) is 5.41. The molecule has 0 atom stereocenters. The molecule has 144 valence electrons. The first-order chi connectivity index (χ1) is 12.3. The number of nitrogens with two attached hydrogens (primary N) is 1. The number of ether oxygens (including phenoxy) is 2. The van der Waals surface area contributed by atoms with E-state index < -0.39 is 28.0 Å². The lowest BCUT2D eigenvalue weighted by Crippen LogP contribution is -2.46. The van der Waals surface area contributed by atoms with E-state index in [0.717, 1.165) is 7.11 Å². The molecule has 0 spiro atoms. The van der Waals surface area contributed by atoms with Crippen molar-refractivity contribution < 1.29 is 27.5 Å². The van der Waals surface area contributed by atoms with Gasteiger partial charge in [0.2, 0.25) is 15.9 Å². The summed E-state index contributed by atoms with van der Waals surface area (Å²) in [5.74, 6) is -0.970. The van der Waals surface area contributed by atoms with Crippen molar-refractivity contribution in [2.75, 3.05) is 38.7 Å². The molecule has 0 bridgehead atoms. The van der Waals surface area contributed by atoms with E-state index in [-0.39, 0.29) is 17.3 Å². The number of sulfonamides is 1. The minimum atomic E-state index is -3.92. The van der Waals surface area contributed by atoms with Crippen LogP contribution in [0.4, 0.5) is 5.69 Å². The third kappa shape index (κ3) is 4.79. The number of carbonyl (C=O) groups excluding carboxylic acids is 2. The van der Waals surface area contributed by atoms with E-state index in [1.807, 2.05) is 0 Å². The van der Waals surface area contributed by atoms with E-state index in [0.29, 0.717) is 31.7 Å². The van der Waals surface area contributed by atoms with Crippen LogP contribution in [-0.4, -0.2) is 53.7 Å². The predicted octanol–water partition coefficient (Wildman–Crippen LogP) is -0.168.